The number of hydrogen-bond acceptors (Lipinski definition) is 2. The normalized spacial score (nSPS) is 12.1. The summed E-state index contributed by atoms with van der Waals surface area (Å²) in [5.74, 6) is -4.04. The molecule has 0 fully saturated rings. The van der Waals surface area contributed by atoms with Crippen LogP contribution in [0.2, 0.25) is 0 Å². The van der Waals surface area contributed by atoms with Gasteiger partial charge in [0.05, 0.1) is 17.5 Å². The van der Waals surface area contributed by atoms with Crippen LogP contribution in [0.5, 0.6) is 0 Å². The zero-order valence-corrected chi connectivity index (χ0v) is 15.2. The van der Waals surface area contributed by atoms with E-state index in [2.05, 4.69) is 4.72 Å². The van der Waals surface area contributed by atoms with Crippen LogP contribution in [-0.2, 0) is 10.0 Å². The number of benzene rings is 2. The highest BCUT2D eigenvalue weighted by Gasteiger charge is 2.17. The Balaban J connectivity index is 2.24. The molecule has 26 heavy (non-hydrogen) atoms. The van der Waals surface area contributed by atoms with Gasteiger partial charge in [0.15, 0.2) is 17.5 Å². The molecule has 4 nitrogen and oxygen atoms in total. The van der Waals surface area contributed by atoms with E-state index in [1.54, 1.807) is 24.4 Å². The van der Waals surface area contributed by atoms with E-state index in [0.29, 0.717) is 22.2 Å². The summed E-state index contributed by atoms with van der Waals surface area (Å²) < 4.78 is 67.7. The van der Waals surface area contributed by atoms with Crippen molar-refractivity contribution in [1.82, 2.24) is 4.57 Å². The Hall–Kier alpha value is -2.48. The van der Waals surface area contributed by atoms with Gasteiger partial charge in [-0.2, -0.15) is 0 Å². The maximum absolute atomic E-state index is 13.6. The molecule has 0 saturated heterocycles. The quantitative estimate of drug-likeness (QED) is 0.666. The predicted molar refractivity (Wildman–Crippen MR) is 96.1 cm³/mol. The van der Waals surface area contributed by atoms with Crippen LogP contribution in [0, 0.1) is 17.5 Å². The average molecular weight is 382 g/mol. The van der Waals surface area contributed by atoms with Gasteiger partial charge in [-0.1, -0.05) is 6.07 Å². The molecule has 0 aliphatic heterocycles. The van der Waals surface area contributed by atoms with Gasteiger partial charge in [-0.3, -0.25) is 4.72 Å². The van der Waals surface area contributed by atoms with E-state index in [-0.39, 0.29) is 11.6 Å². The van der Waals surface area contributed by atoms with Crippen LogP contribution in [0.15, 0.2) is 36.5 Å². The molecule has 1 heterocycles. The Labute approximate surface area is 149 Å². The minimum atomic E-state index is -3.44. The van der Waals surface area contributed by atoms with Crippen LogP contribution in [0.25, 0.3) is 22.0 Å². The first-order valence-electron chi connectivity index (χ1n) is 7.84. The second kappa shape index (κ2) is 6.35. The van der Waals surface area contributed by atoms with Gasteiger partial charge in [-0.25, -0.2) is 21.6 Å². The fraction of sp³-hybridized carbons (Fsp3) is 0.222. The Morgan fingerprint density at radius 2 is 1.65 bits per heavy atom. The summed E-state index contributed by atoms with van der Waals surface area (Å²) in [5.41, 5.74) is 1.80. The van der Waals surface area contributed by atoms with Gasteiger partial charge in [0, 0.05) is 23.2 Å². The van der Waals surface area contributed by atoms with Crippen molar-refractivity contribution in [3.05, 3.63) is 54.0 Å². The summed E-state index contributed by atoms with van der Waals surface area (Å²) in [6, 6.07) is 6.77. The lowest BCUT2D eigenvalue weighted by Crippen LogP contribution is -2.09. The molecule has 138 valence electrons. The predicted octanol–water partition coefficient (Wildman–Crippen LogP) is 4.68. The Kier molecular flexibility index (Phi) is 4.47. The first-order valence-corrected chi connectivity index (χ1v) is 9.73. The number of fused-ring (bicyclic) bond motifs is 1. The summed E-state index contributed by atoms with van der Waals surface area (Å²) >= 11 is 0. The van der Waals surface area contributed by atoms with E-state index in [1.807, 2.05) is 18.4 Å². The molecule has 0 unspecified atom stereocenters. The number of hydrogen-bond donors (Lipinski definition) is 1. The first-order chi connectivity index (χ1) is 12.1. The molecule has 0 saturated carbocycles. The van der Waals surface area contributed by atoms with Crippen LogP contribution in [0.1, 0.15) is 19.9 Å². The van der Waals surface area contributed by atoms with Gasteiger partial charge in [0.1, 0.15) is 0 Å². The summed E-state index contributed by atoms with van der Waals surface area (Å²) in [5, 5.41) is 0.670. The number of halogens is 3. The number of rotatable bonds is 4. The topological polar surface area (TPSA) is 51.1 Å². The SMILES string of the molecule is CC(C)n1cc(-c2cc(F)c(F)c(F)c2)c2ccc(NS(C)(=O)=O)cc21. The van der Waals surface area contributed by atoms with E-state index >= 15 is 0 Å². The second-order valence-corrected chi connectivity index (χ2v) is 8.15. The largest absolute Gasteiger partial charge is 0.344 e. The zero-order valence-electron chi connectivity index (χ0n) is 14.3. The third-order valence-electron chi connectivity index (χ3n) is 3.99. The number of anilines is 1. The molecule has 1 N–H and O–H groups in total. The number of nitrogens with one attached hydrogen (secondary N) is 1. The molecule has 0 aliphatic carbocycles. The van der Waals surface area contributed by atoms with Crippen LogP contribution >= 0.6 is 0 Å². The molecule has 3 rings (SSSR count). The Morgan fingerprint density at radius 3 is 2.19 bits per heavy atom. The fourth-order valence-corrected chi connectivity index (χ4v) is 3.45. The van der Waals surface area contributed by atoms with Crippen molar-refractivity contribution in [2.24, 2.45) is 0 Å². The van der Waals surface area contributed by atoms with Crippen molar-refractivity contribution in [2.75, 3.05) is 11.0 Å². The lowest BCUT2D eigenvalue weighted by Gasteiger charge is -2.10. The highest BCUT2D eigenvalue weighted by Crippen LogP contribution is 2.35. The average Bonchev–Trinajstić information content (AvgIpc) is 2.89. The van der Waals surface area contributed by atoms with Crippen LogP contribution in [-0.4, -0.2) is 19.2 Å². The molecule has 0 amide bonds. The minimum absolute atomic E-state index is 0.00914. The third-order valence-corrected chi connectivity index (χ3v) is 4.60. The molecule has 0 atom stereocenters. The lowest BCUT2D eigenvalue weighted by atomic mass is 10.0. The maximum Gasteiger partial charge on any atom is 0.229 e. The summed E-state index contributed by atoms with van der Waals surface area (Å²) in [4.78, 5) is 0. The monoisotopic (exact) mass is 382 g/mol. The lowest BCUT2D eigenvalue weighted by molar-refractivity contribution is 0.448. The molecule has 0 aliphatic rings. The van der Waals surface area contributed by atoms with Gasteiger partial charge in [0.2, 0.25) is 10.0 Å². The van der Waals surface area contributed by atoms with Gasteiger partial charge in [0.25, 0.3) is 0 Å². The first kappa shape index (κ1) is 18.3. The minimum Gasteiger partial charge on any atom is -0.344 e. The summed E-state index contributed by atoms with van der Waals surface area (Å²) in [7, 11) is -3.44. The van der Waals surface area contributed by atoms with Crippen LogP contribution < -0.4 is 4.72 Å². The summed E-state index contributed by atoms with van der Waals surface area (Å²) in [6.07, 6.45) is 2.76. The standard InChI is InChI=1S/C18H17F3N2O2S/c1-10(2)23-9-14(11-6-15(19)18(21)16(20)7-11)13-5-4-12(8-17(13)23)22-26(3,24)25/h4-10,22H,1-3H3. The van der Waals surface area contributed by atoms with Crippen molar-refractivity contribution >= 4 is 26.6 Å². The van der Waals surface area contributed by atoms with Crippen LogP contribution in [0.4, 0.5) is 18.9 Å². The molecule has 2 aromatic carbocycles. The highest BCUT2D eigenvalue weighted by molar-refractivity contribution is 7.92. The van der Waals surface area contributed by atoms with E-state index in [0.717, 1.165) is 18.4 Å². The second-order valence-electron chi connectivity index (χ2n) is 6.40. The highest BCUT2D eigenvalue weighted by atomic mass is 32.2. The number of nitrogens with zero attached hydrogens (tertiary/aromatic N) is 1. The molecule has 0 spiro atoms. The number of aromatic nitrogens is 1. The van der Waals surface area contributed by atoms with E-state index in [9.17, 15) is 21.6 Å². The van der Waals surface area contributed by atoms with Gasteiger partial charge < -0.3 is 4.57 Å². The van der Waals surface area contributed by atoms with E-state index < -0.39 is 27.5 Å². The van der Waals surface area contributed by atoms with Gasteiger partial charge >= 0.3 is 0 Å². The smallest absolute Gasteiger partial charge is 0.229 e. The third kappa shape index (κ3) is 3.41. The molecule has 8 heteroatoms. The zero-order chi connectivity index (χ0) is 19.2. The molecule has 1 aromatic heterocycles. The molecule has 3 aromatic rings. The molecular weight excluding hydrogens is 365 g/mol. The van der Waals surface area contributed by atoms with E-state index in [1.165, 1.54) is 0 Å². The molecular formula is C18H17F3N2O2S. The molecule has 0 bridgehead atoms. The maximum atomic E-state index is 13.6. The molecule has 0 radical (unpaired) electrons. The van der Waals surface area contributed by atoms with Crippen molar-refractivity contribution in [3.63, 3.8) is 0 Å². The van der Waals surface area contributed by atoms with Crippen molar-refractivity contribution in [3.8, 4) is 11.1 Å². The van der Waals surface area contributed by atoms with Gasteiger partial charge in [-0.05, 0) is 43.7 Å². The van der Waals surface area contributed by atoms with Crippen molar-refractivity contribution < 1.29 is 21.6 Å². The van der Waals surface area contributed by atoms with E-state index in [4.69, 9.17) is 0 Å². The summed E-state index contributed by atoms with van der Waals surface area (Å²) in [6.45, 7) is 3.84. The van der Waals surface area contributed by atoms with Crippen molar-refractivity contribution in [2.45, 2.75) is 19.9 Å². The van der Waals surface area contributed by atoms with Crippen molar-refractivity contribution in [1.29, 1.82) is 0 Å². The fourth-order valence-electron chi connectivity index (χ4n) is 2.90. The van der Waals surface area contributed by atoms with Gasteiger partial charge in [-0.15, -0.1) is 0 Å². The Morgan fingerprint density at radius 1 is 1.04 bits per heavy atom. The van der Waals surface area contributed by atoms with Crippen LogP contribution in [0.3, 0.4) is 0 Å². The number of sulfonamides is 1. The Bertz CT molecular complexity index is 1080.